The van der Waals surface area contributed by atoms with Crippen molar-refractivity contribution in [1.82, 2.24) is 9.97 Å². The van der Waals surface area contributed by atoms with E-state index < -0.39 is 15.1 Å². The van der Waals surface area contributed by atoms with Crippen LogP contribution in [0.2, 0.25) is 0 Å². The van der Waals surface area contributed by atoms with E-state index >= 15 is 0 Å². The van der Waals surface area contributed by atoms with Crippen LogP contribution in [0.1, 0.15) is 28.4 Å². The predicted octanol–water partition coefficient (Wildman–Crippen LogP) is 2.00. The van der Waals surface area contributed by atoms with E-state index in [1.165, 1.54) is 17.6 Å². The number of hydrogen-bond donors (Lipinski definition) is 1. The van der Waals surface area contributed by atoms with E-state index in [9.17, 15) is 8.42 Å². The summed E-state index contributed by atoms with van der Waals surface area (Å²) in [6.07, 6.45) is 1.17. The zero-order valence-electron chi connectivity index (χ0n) is 10.7. The topological polar surface area (TPSA) is 85.9 Å². The standard InChI is InChI=1S/C11H15N3O2S2/c1-5-6(2)17-11-8(5)9(12)13-10(14-11)7(3)18(4,15)16/h7H,1-4H3,(H2,12,13,14). The lowest BCUT2D eigenvalue weighted by Crippen LogP contribution is -2.12. The van der Waals surface area contributed by atoms with Crippen molar-refractivity contribution in [1.29, 1.82) is 0 Å². The molecule has 1 unspecified atom stereocenters. The SMILES string of the molecule is Cc1sc2nc(C(C)S(C)(=O)=O)nc(N)c2c1C. The molecule has 0 aliphatic rings. The number of fused-ring (bicyclic) bond motifs is 1. The summed E-state index contributed by atoms with van der Waals surface area (Å²) in [4.78, 5) is 10.3. The Labute approximate surface area is 110 Å². The number of nitrogen functional groups attached to an aromatic ring is 1. The van der Waals surface area contributed by atoms with Gasteiger partial charge >= 0.3 is 0 Å². The molecule has 2 rings (SSSR count). The van der Waals surface area contributed by atoms with Crippen LogP contribution in [-0.2, 0) is 9.84 Å². The molecule has 2 aromatic rings. The lowest BCUT2D eigenvalue weighted by atomic mass is 10.2. The number of nitrogens with zero attached hydrogens (tertiary/aromatic N) is 2. The number of anilines is 1. The molecular weight excluding hydrogens is 270 g/mol. The van der Waals surface area contributed by atoms with Gasteiger partial charge < -0.3 is 5.73 Å². The van der Waals surface area contributed by atoms with Crippen LogP contribution in [0.3, 0.4) is 0 Å². The van der Waals surface area contributed by atoms with Crippen molar-refractivity contribution >= 4 is 37.2 Å². The molecule has 0 aromatic carbocycles. The Bertz CT molecular complexity index is 719. The molecule has 0 saturated carbocycles. The second kappa shape index (κ2) is 4.17. The molecule has 0 fully saturated rings. The first-order valence-electron chi connectivity index (χ1n) is 5.43. The first-order chi connectivity index (χ1) is 8.21. The van der Waals surface area contributed by atoms with Crippen LogP contribution >= 0.6 is 11.3 Å². The fourth-order valence-corrected chi connectivity index (χ4v) is 3.20. The molecule has 1 atom stereocenters. The highest BCUT2D eigenvalue weighted by Crippen LogP contribution is 2.33. The van der Waals surface area contributed by atoms with Crippen molar-refractivity contribution < 1.29 is 8.42 Å². The molecule has 2 N–H and O–H groups in total. The van der Waals surface area contributed by atoms with Crippen molar-refractivity contribution in [3.8, 4) is 0 Å². The molecule has 18 heavy (non-hydrogen) atoms. The maximum absolute atomic E-state index is 11.5. The number of thiophene rings is 1. The van der Waals surface area contributed by atoms with E-state index in [2.05, 4.69) is 9.97 Å². The summed E-state index contributed by atoms with van der Waals surface area (Å²) in [7, 11) is -3.22. The predicted molar refractivity (Wildman–Crippen MR) is 74.6 cm³/mol. The van der Waals surface area contributed by atoms with Gasteiger partial charge in [-0.05, 0) is 26.3 Å². The van der Waals surface area contributed by atoms with Crippen LogP contribution in [0.4, 0.5) is 5.82 Å². The number of rotatable bonds is 2. The van der Waals surface area contributed by atoms with Crippen molar-refractivity contribution in [3.63, 3.8) is 0 Å². The quantitative estimate of drug-likeness (QED) is 0.912. The van der Waals surface area contributed by atoms with Crippen molar-refractivity contribution in [2.75, 3.05) is 12.0 Å². The molecule has 7 heteroatoms. The fraction of sp³-hybridized carbons (Fsp3) is 0.455. The van der Waals surface area contributed by atoms with Gasteiger partial charge in [-0.15, -0.1) is 11.3 Å². The highest BCUT2D eigenvalue weighted by Gasteiger charge is 2.22. The maximum atomic E-state index is 11.5. The van der Waals surface area contributed by atoms with Crippen LogP contribution in [-0.4, -0.2) is 24.6 Å². The number of nitrogens with two attached hydrogens (primary N) is 1. The highest BCUT2D eigenvalue weighted by molar-refractivity contribution is 7.90. The van der Waals surface area contributed by atoms with Gasteiger partial charge in [0.2, 0.25) is 0 Å². The Balaban J connectivity index is 2.71. The Morgan fingerprint density at radius 3 is 2.44 bits per heavy atom. The molecule has 0 aliphatic heterocycles. The van der Waals surface area contributed by atoms with E-state index in [4.69, 9.17) is 5.73 Å². The molecule has 2 heterocycles. The van der Waals surface area contributed by atoms with Gasteiger partial charge in [0.05, 0.1) is 5.39 Å². The highest BCUT2D eigenvalue weighted by atomic mass is 32.2. The smallest absolute Gasteiger partial charge is 0.157 e. The zero-order valence-corrected chi connectivity index (χ0v) is 12.3. The van der Waals surface area contributed by atoms with Crippen LogP contribution in [0.15, 0.2) is 0 Å². The van der Waals surface area contributed by atoms with Gasteiger partial charge in [-0.3, -0.25) is 0 Å². The minimum absolute atomic E-state index is 0.267. The van der Waals surface area contributed by atoms with E-state index in [1.54, 1.807) is 6.92 Å². The van der Waals surface area contributed by atoms with Gasteiger partial charge in [0, 0.05) is 11.1 Å². The molecular formula is C11H15N3O2S2. The average molecular weight is 285 g/mol. The lowest BCUT2D eigenvalue weighted by molar-refractivity contribution is 0.589. The number of sulfone groups is 1. The summed E-state index contributed by atoms with van der Waals surface area (Å²) in [6.45, 7) is 5.53. The number of aryl methyl sites for hydroxylation is 2. The molecule has 0 radical (unpaired) electrons. The Morgan fingerprint density at radius 1 is 1.28 bits per heavy atom. The summed E-state index contributed by atoms with van der Waals surface area (Å²) in [5, 5.41) is 0.0915. The third-order valence-corrected chi connectivity index (χ3v) is 5.68. The Morgan fingerprint density at radius 2 is 1.89 bits per heavy atom. The molecule has 2 aromatic heterocycles. The fourth-order valence-electron chi connectivity index (χ4n) is 1.67. The minimum Gasteiger partial charge on any atom is -0.383 e. The molecule has 0 spiro atoms. The third kappa shape index (κ3) is 2.08. The third-order valence-electron chi connectivity index (χ3n) is 3.08. The van der Waals surface area contributed by atoms with Gasteiger partial charge in [-0.25, -0.2) is 18.4 Å². The molecule has 5 nitrogen and oxygen atoms in total. The monoisotopic (exact) mass is 285 g/mol. The van der Waals surface area contributed by atoms with Crippen molar-refractivity contribution in [2.45, 2.75) is 26.0 Å². The largest absolute Gasteiger partial charge is 0.383 e. The van der Waals surface area contributed by atoms with E-state index in [0.717, 1.165) is 20.7 Å². The van der Waals surface area contributed by atoms with Gasteiger partial charge in [0.25, 0.3) is 0 Å². The van der Waals surface area contributed by atoms with E-state index in [1.807, 2.05) is 13.8 Å². The molecule has 0 saturated heterocycles. The van der Waals surface area contributed by atoms with E-state index in [-0.39, 0.29) is 5.82 Å². The van der Waals surface area contributed by atoms with Gasteiger partial charge in [-0.1, -0.05) is 0 Å². The van der Waals surface area contributed by atoms with Gasteiger partial charge in [0.1, 0.15) is 21.7 Å². The van der Waals surface area contributed by atoms with Crippen LogP contribution in [0.25, 0.3) is 10.2 Å². The van der Waals surface area contributed by atoms with Crippen LogP contribution in [0, 0.1) is 13.8 Å². The maximum Gasteiger partial charge on any atom is 0.157 e. The first kappa shape index (κ1) is 13.2. The first-order valence-corrected chi connectivity index (χ1v) is 8.21. The van der Waals surface area contributed by atoms with Crippen LogP contribution in [0.5, 0.6) is 0 Å². The number of aromatic nitrogens is 2. The van der Waals surface area contributed by atoms with Crippen LogP contribution < -0.4 is 5.73 Å². The summed E-state index contributed by atoms with van der Waals surface area (Å²) in [6, 6.07) is 0. The summed E-state index contributed by atoms with van der Waals surface area (Å²) in [5.74, 6) is 0.621. The van der Waals surface area contributed by atoms with Crippen molar-refractivity contribution in [3.05, 3.63) is 16.3 Å². The van der Waals surface area contributed by atoms with E-state index in [0.29, 0.717) is 5.82 Å². The van der Waals surface area contributed by atoms with Gasteiger partial charge in [0.15, 0.2) is 9.84 Å². The second-order valence-electron chi connectivity index (χ2n) is 4.40. The normalized spacial score (nSPS) is 14.0. The summed E-state index contributed by atoms with van der Waals surface area (Å²) >= 11 is 1.51. The van der Waals surface area contributed by atoms with Gasteiger partial charge in [-0.2, -0.15) is 0 Å². The Hall–Kier alpha value is -1.21. The zero-order chi connectivity index (χ0) is 13.7. The molecule has 0 aliphatic carbocycles. The number of hydrogen-bond acceptors (Lipinski definition) is 6. The molecule has 0 bridgehead atoms. The molecule has 98 valence electrons. The minimum atomic E-state index is -3.22. The summed E-state index contributed by atoms with van der Waals surface area (Å²) in [5.41, 5.74) is 6.97. The molecule has 0 amide bonds. The second-order valence-corrected chi connectivity index (χ2v) is 7.97. The average Bonchev–Trinajstić information content (AvgIpc) is 2.52. The lowest BCUT2D eigenvalue weighted by Gasteiger charge is -2.08. The summed E-state index contributed by atoms with van der Waals surface area (Å²) < 4.78 is 23.1. The Kier molecular flexibility index (Phi) is 3.06. The van der Waals surface area contributed by atoms with Crippen molar-refractivity contribution in [2.24, 2.45) is 0 Å².